The van der Waals surface area contributed by atoms with E-state index in [2.05, 4.69) is 5.32 Å². The maximum Gasteiger partial charge on any atom is 0.338 e. The summed E-state index contributed by atoms with van der Waals surface area (Å²) in [4.78, 5) is 24.6. The van der Waals surface area contributed by atoms with Gasteiger partial charge in [-0.25, -0.2) is 4.79 Å². The third-order valence-corrected chi connectivity index (χ3v) is 3.76. The first kappa shape index (κ1) is 14.3. The van der Waals surface area contributed by atoms with Crippen LogP contribution in [0.5, 0.6) is 0 Å². The molecule has 2 aromatic carbocycles. The van der Waals surface area contributed by atoms with Crippen LogP contribution in [0.15, 0.2) is 48.5 Å². The molecule has 4 heteroatoms. The molecule has 1 atom stereocenters. The van der Waals surface area contributed by atoms with Gasteiger partial charge >= 0.3 is 5.97 Å². The fraction of sp³-hybridized carbons (Fsp3) is 0.222. The number of ether oxygens (including phenoxy) is 1. The molecular weight excluding hydrogens is 278 g/mol. The Balaban J connectivity index is 1.97. The first-order valence-corrected chi connectivity index (χ1v) is 7.35. The number of ketones is 1. The molecule has 1 heterocycles. The van der Waals surface area contributed by atoms with Crippen molar-refractivity contribution in [1.82, 2.24) is 0 Å². The highest BCUT2D eigenvalue weighted by molar-refractivity contribution is 6.11. The lowest BCUT2D eigenvalue weighted by atomic mass is 9.89. The Bertz CT molecular complexity index is 710. The zero-order chi connectivity index (χ0) is 15.5. The second kappa shape index (κ2) is 6.02. The average molecular weight is 295 g/mol. The van der Waals surface area contributed by atoms with Gasteiger partial charge in [-0.05, 0) is 24.6 Å². The number of Topliss-reactive ketones (excluding diaryl/α,β-unsaturated/α-hetero) is 1. The molecule has 1 aliphatic rings. The van der Waals surface area contributed by atoms with Crippen LogP contribution >= 0.6 is 0 Å². The monoisotopic (exact) mass is 295 g/mol. The van der Waals surface area contributed by atoms with E-state index in [9.17, 15) is 9.59 Å². The topological polar surface area (TPSA) is 55.4 Å². The van der Waals surface area contributed by atoms with Gasteiger partial charge in [0.25, 0.3) is 0 Å². The molecule has 2 aromatic rings. The highest BCUT2D eigenvalue weighted by Gasteiger charge is 2.29. The fourth-order valence-electron chi connectivity index (χ4n) is 2.76. The van der Waals surface area contributed by atoms with Crippen molar-refractivity contribution in [2.75, 3.05) is 11.9 Å². The van der Waals surface area contributed by atoms with E-state index in [-0.39, 0.29) is 18.4 Å². The summed E-state index contributed by atoms with van der Waals surface area (Å²) in [5.74, 6) is -0.487. The molecule has 22 heavy (non-hydrogen) atoms. The van der Waals surface area contributed by atoms with Crippen molar-refractivity contribution >= 4 is 17.4 Å². The summed E-state index contributed by atoms with van der Waals surface area (Å²) in [5.41, 5.74) is 2.52. The Morgan fingerprint density at radius 1 is 1.18 bits per heavy atom. The zero-order valence-corrected chi connectivity index (χ0v) is 12.3. The van der Waals surface area contributed by atoms with Crippen LogP contribution in [0, 0.1) is 0 Å². The van der Waals surface area contributed by atoms with E-state index in [4.69, 9.17) is 4.74 Å². The van der Waals surface area contributed by atoms with Gasteiger partial charge in [0.15, 0.2) is 5.78 Å². The van der Waals surface area contributed by atoms with E-state index in [1.807, 2.05) is 36.4 Å². The molecule has 0 spiro atoms. The minimum Gasteiger partial charge on any atom is -0.462 e. The predicted octanol–water partition coefficient (Wildman–Crippen LogP) is 3.60. The standard InChI is InChI=1S/C18H17NO3/c1-2-22-18(21)13-9-6-10-14-17(13)16(20)11-15(19-14)12-7-4-3-5-8-12/h3-10,15,19H,2,11H2,1H3. The van der Waals surface area contributed by atoms with E-state index in [0.29, 0.717) is 23.2 Å². The molecule has 0 radical (unpaired) electrons. The molecular formula is C18H17NO3. The number of hydrogen-bond donors (Lipinski definition) is 1. The van der Waals surface area contributed by atoms with Gasteiger partial charge in [0.05, 0.1) is 23.8 Å². The smallest absolute Gasteiger partial charge is 0.338 e. The van der Waals surface area contributed by atoms with E-state index < -0.39 is 5.97 Å². The number of fused-ring (bicyclic) bond motifs is 1. The molecule has 1 aliphatic heterocycles. The highest BCUT2D eigenvalue weighted by Crippen LogP contribution is 2.34. The van der Waals surface area contributed by atoms with Gasteiger partial charge in [0.1, 0.15) is 0 Å². The Labute approximate surface area is 129 Å². The fourth-order valence-corrected chi connectivity index (χ4v) is 2.76. The second-order valence-corrected chi connectivity index (χ2v) is 5.18. The molecule has 1 N–H and O–H groups in total. The summed E-state index contributed by atoms with van der Waals surface area (Å²) in [6.07, 6.45) is 0.327. The lowest BCUT2D eigenvalue weighted by molar-refractivity contribution is 0.0522. The Kier molecular flexibility index (Phi) is 3.92. The molecule has 0 fully saturated rings. The van der Waals surface area contributed by atoms with Crippen LogP contribution in [0.2, 0.25) is 0 Å². The number of esters is 1. The van der Waals surface area contributed by atoms with E-state index >= 15 is 0 Å². The maximum absolute atomic E-state index is 12.6. The normalized spacial score (nSPS) is 16.6. The number of rotatable bonds is 3. The third-order valence-electron chi connectivity index (χ3n) is 3.76. The van der Waals surface area contributed by atoms with Crippen molar-refractivity contribution in [3.8, 4) is 0 Å². The number of carbonyl (C=O) groups is 2. The summed E-state index contributed by atoms with van der Waals surface area (Å²) < 4.78 is 5.03. The Hall–Kier alpha value is -2.62. The average Bonchev–Trinajstić information content (AvgIpc) is 2.55. The third kappa shape index (κ3) is 2.60. The summed E-state index contributed by atoms with van der Waals surface area (Å²) in [6, 6.07) is 15.0. The first-order chi connectivity index (χ1) is 10.7. The van der Waals surface area contributed by atoms with Gasteiger partial charge in [0.2, 0.25) is 0 Å². The van der Waals surface area contributed by atoms with E-state index in [1.54, 1.807) is 19.1 Å². The van der Waals surface area contributed by atoms with Gasteiger partial charge in [-0.1, -0.05) is 36.4 Å². The summed E-state index contributed by atoms with van der Waals surface area (Å²) in [5, 5.41) is 3.35. The van der Waals surface area contributed by atoms with Gasteiger partial charge in [0, 0.05) is 12.1 Å². The second-order valence-electron chi connectivity index (χ2n) is 5.18. The highest BCUT2D eigenvalue weighted by atomic mass is 16.5. The lowest BCUT2D eigenvalue weighted by Crippen LogP contribution is -2.25. The number of benzene rings is 2. The largest absolute Gasteiger partial charge is 0.462 e. The minimum atomic E-state index is -0.451. The molecule has 4 nitrogen and oxygen atoms in total. The van der Waals surface area contributed by atoms with Crippen molar-refractivity contribution in [1.29, 1.82) is 0 Å². The zero-order valence-electron chi connectivity index (χ0n) is 12.3. The molecule has 0 aromatic heterocycles. The van der Waals surface area contributed by atoms with Crippen molar-refractivity contribution in [2.24, 2.45) is 0 Å². The number of nitrogens with one attached hydrogen (secondary N) is 1. The van der Waals surface area contributed by atoms with Crippen molar-refractivity contribution < 1.29 is 14.3 Å². The van der Waals surface area contributed by atoms with E-state index in [0.717, 1.165) is 5.56 Å². The van der Waals surface area contributed by atoms with Gasteiger partial charge in [-0.3, -0.25) is 4.79 Å². The maximum atomic E-state index is 12.6. The SMILES string of the molecule is CCOC(=O)c1cccc2c1C(=O)CC(c1ccccc1)N2. The van der Waals surface area contributed by atoms with Crippen LogP contribution in [0.3, 0.4) is 0 Å². The minimum absolute atomic E-state index is 0.0359. The van der Waals surface area contributed by atoms with Crippen LogP contribution < -0.4 is 5.32 Å². The van der Waals surface area contributed by atoms with Crippen molar-refractivity contribution in [3.05, 3.63) is 65.2 Å². The molecule has 0 bridgehead atoms. The number of anilines is 1. The molecule has 1 unspecified atom stereocenters. The van der Waals surface area contributed by atoms with Crippen molar-refractivity contribution in [3.63, 3.8) is 0 Å². The molecule has 112 valence electrons. The first-order valence-electron chi connectivity index (χ1n) is 7.35. The summed E-state index contributed by atoms with van der Waals surface area (Å²) in [6.45, 7) is 2.04. The van der Waals surface area contributed by atoms with Crippen LogP contribution in [-0.4, -0.2) is 18.4 Å². The number of carbonyl (C=O) groups excluding carboxylic acids is 2. The predicted molar refractivity (Wildman–Crippen MR) is 84.2 cm³/mol. The van der Waals surface area contributed by atoms with Crippen LogP contribution in [0.4, 0.5) is 5.69 Å². The van der Waals surface area contributed by atoms with Gasteiger partial charge in [-0.15, -0.1) is 0 Å². The van der Waals surface area contributed by atoms with Crippen LogP contribution in [0.1, 0.15) is 45.7 Å². The molecule has 0 saturated carbocycles. The Morgan fingerprint density at radius 2 is 1.95 bits per heavy atom. The quantitative estimate of drug-likeness (QED) is 0.879. The lowest BCUT2D eigenvalue weighted by Gasteiger charge is -2.27. The molecule has 0 amide bonds. The molecule has 0 aliphatic carbocycles. The number of hydrogen-bond acceptors (Lipinski definition) is 4. The van der Waals surface area contributed by atoms with Gasteiger partial charge < -0.3 is 10.1 Å². The van der Waals surface area contributed by atoms with E-state index in [1.165, 1.54) is 0 Å². The molecule has 3 rings (SSSR count). The van der Waals surface area contributed by atoms with Gasteiger partial charge in [-0.2, -0.15) is 0 Å². The molecule has 0 saturated heterocycles. The van der Waals surface area contributed by atoms with Crippen LogP contribution in [-0.2, 0) is 4.74 Å². The summed E-state index contributed by atoms with van der Waals surface area (Å²) in [7, 11) is 0. The Morgan fingerprint density at radius 3 is 2.68 bits per heavy atom. The van der Waals surface area contributed by atoms with Crippen LogP contribution in [0.25, 0.3) is 0 Å². The van der Waals surface area contributed by atoms with Crippen molar-refractivity contribution in [2.45, 2.75) is 19.4 Å². The summed E-state index contributed by atoms with van der Waals surface area (Å²) >= 11 is 0.